The summed E-state index contributed by atoms with van der Waals surface area (Å²) < 4.78 is 0. The lowest BCUT2D eigenvalue weighted by atomic mass is 9.95. The maximum absolute atomic E-state index is 14.2. The zero-order chi connectivity index (χ0) is 38.8. The van der Waals surface area contributed by atoms with Crippen molar-refractivity contribution in [2.45, 2.75) is 88.0 Å². The van der Waals surface area contributed by atoms with Crippen LogP contribution in [0.15, 0.2) is 36.4 Å². The highest BCUT2D eigenvalue weighted by Crippen LogP contribution is 2.31. The van der Waals surface area contributed by atoms with E-state index in [1.165, 1.54) is 6.07 Å². The molecule has 2 aromatic rings. The van der Waals surface area contributed by atoms with Crippen LogP contribution in [0.2, 0.25) is 0 Å². The molecule has 4 bridgehead atoms. The van der Waals surface area contributed by atoms with Gasteiger partial charge in [0, 0.05) is 25.4 Å². The summed E-state index contributed by atoms with van der Waals surface area (Å²) >= 11 is 0. The lowest BCUT2D eigenvalue weighted by Gasteiger charge is -2.27. The molecule has 1 heterocycles. The fourth-order valence-electron chi connectivity index (χ4n) is 6.33. The van der Waals surface area contributed by atoms with E-state index >= 15 is 0 Å². The number of aliphatic hydroxyl groups is 1. The van der Waals surface area contributed by atoms with Gasteiger partial charge < -0.3 is 57.9 Å². The van der Waals surface area contributed by atoms with Gasteiger partial charge in [-0.15, -0.1) is 0 Å². The predicted molar refractivity (Wildman–Crippen MR) is 204 cm³/mol. The molecule has 0 aliphatic carbocycles. The molecule has 11 N–H and O–H groups in total. The third-order valence-electron chi connectivity index (χ3n) is 9.65. The first-order valence-electron chi connectivity index (χ1n) is 18.6. The van der Waals surface area contributed by atoms with Gasteiger partial charge in [-0.1, -0.05) is 18.6 Å². The molecule has 0 radical (unpaired) electrons. The van der Waals surface area contributed by atoms with E-state index in [-0.39, 0.29) is 49.3 Å². The third-order valence-corrected chi connectivity index (χ3v) is 9.65. The van der Waals surface area contributed by atoms with Crippen molar-refractivity contribution in [3.8, 4) is 22.6 Å². The highest BCUT2D eigenvalue weighted by Gasteiger charge is 2.32. The number of nitrogens with one attached hydrogen (secondary N) is 8. The van der Waals surface area contributed by atoms with Crippen molar-refractivity contribution in [2.75, 3.05) is 54.4 Å². The van der Waals surface area contributed by atoms with Crippen LogP contribution in [0, 0.1) is 0 Å². The molecule has 0 fully saturated rings. The van der Waals surface area contributed by atoms with Gasteiger partial charge in [0.05, 0.1) is 12.6 Å². The molecular weight excluding hydrogens is 680 g/mol. The molecule has 3 rings (SSSR count). The Morgan fingerprint density at radius 1 is 0.792 bits per heavy atom. The Labute approximate surface area is 312 Å². The van der Waals surface area contributed by atoms with Crippen LogP contribution in [-0.2, 0) is 32.0 Å². The first-order chi connectivity index (χ1) is 25.5. The van der Waals surface area contributed by atoms with Crippen LogP contribution in [0.3, 0.4) is 0 Å². The first kappa shape index (κ1) is 43.1. The SMILES string of the molecule is CNCCC[C@H](NC(=O)[C@@H]1Cc2cc(ccc2O)-c2ccc(O)c(c2)C[C@H](NC)C(=O)N[C@@H](CCCNC)C(=O)N1)C(=O)NCCCC[C@@H](CO)NC. The maximum atomic E-state index is 14.2. The number of carbonyl (C=O) groups is 4. The second kappa shape index (κ2) is 22.7. The third kappa shape index (κ3) is 13.6. The number of aliphatic hydroxyl groups excluding tert-OH is 1. The second-order valence-corrected chi connectivity index (χ2v) is 13.6. The van der Waals surface area contributed by atoms with Crippen molar-refractivity contribution in [1.29, 1.82) is 0 Å². The number of hydrogen-bond donors (Lipinski definition) is 11. The van der Waals surface area contributed by atoms with Crippen LogP contribution in [0.4, 0.5) is 0 Å². The van der Waals surface area contributed by atoms with Crippen LogP contribution in [0.25, 0.3) is 11.1 Å². The molecular formula is C38H60N8O7. The first-order valence-corrected chi connectivity index (χ1v) is 18.6. The molecule has 1 aliphatic rings. The van der Waals surface area contributed by atoms with Gasteiger partial charge in [0.2, 0.25) is 23.6 Å². The maximum Gasteiger partial charge on any atom is 0.243 e. The Morgan fingerprint density at radius 2 is 1.43 bits per heavy atom. The Bertz CT molecular complexity index is 1490. The summed E-state index contributed by atoms with van der Waals surface area (Å²) in [5.74, 6) is -2.07. The molecule has 0 spiro atoms. The lowest BCUT2D eigenvalue weighted by molar-refractivity contribution is -0.134. The number of unbranched alkanes of at least 4 members (excludes halogenated alkanes) is 1. The minimum atomic E-state index is -1.22. The van der Waals surface area contributed by atoms with Gasteiger partial charge in [-0.3, -0.25) is 19.2 Å². The molecule has 0 saturated carbocycles. The van der Waals surface area contributed by atoms with Crippen LogP contribution in [-0.4, -0.2) is 124 Å². The fraction of sp³-hybridized carbons (Fsp3) is 0.579. The number of aromatic hydroxyl groups is 2. The minimum absolute atomic E-state index is 0.0154. The molecule has 2 aromatic carbocycles. The summed E-state index contributed by atoms with van der Waals surface area (Å²) in [5, 5.41) is 54.7. The van der Waals surface area contributed by atoms with Gasteiger partial charge in [0.25, 0.3) is 0 Å². The fourth-order valence-corrected chi connectivity index (χ4v) is 6.33. The van der Waals surface area contributed by atoms with Crippen LogP contribution in [0.5, 0.6) is 11.5 Å². The van der Waals surface area contributed by atoms with Crippen molar-refractivity contribution >= 4 is 23.6 Å². The Kier molecular flexibility index (Phi) is 18.5. The molecule has 0 saturated heterocycles. The van der Waals surface area contributed by atoms with Gasteiger partial charge in [0.1, 0.15) is 29.6 Å². The minimum Gasteiger partial charge on any atom is -0.508 e. The highest BCUT2D eigenvalue weighted by atomic mass is 16.3. The number of carbonyl (C=O) groups excluding carboxylic acids is 4. The van der Waals surface area contributed by atoms with E-state index in [0.717, 1.165) is 18.4 Å². The Hall–Kier alpha value is -4.28. The van der Waals surface area contributed by atoms with E-state index in [4.69, 9.17) is 0 Å². The molecule has 0 unspecified atom stereocenters. The van der Waals surface area contributed by atoms with Gasteiger partial charge >= 0.3 is 0 Å². The standard InChI is InChI=1S/C38H60N8O7/c1-39-16-7-10-29(35(50)43-18-6-5-9-28(23-47)41-3)44-38(53)32-22-27-20-25(13-15-34(27)49)24-12-14-33(48)26(19-24)21-31(42-4)37(52)45-30(36(51)46-32)11-8-17-40-2/h12-15,19-20,28-32,39-42,47-49H,5-11,16-18,21-23H2,1-4H3,(H,43,50)(H,44,53)(H,45,52)(H,46,51)/t28-,29-,30-,31-,32-/m0/s1. The van der Waals surface area contributed by atoms with Gasteiger partial charge in [-0.2, -0.15) is 0 Å². The Morgan fingerprint density at radius 3 is 2.04 bits per heavy atom. The molecule has 0 aromatic heterocycles. The lowest BCUT2D eigenvalue weighted by Crippen LogP contribution is -2.58. The van der Waals surface area contributed by atoms with Crippen LogP contribution >= 0.6 is 0 Å². The van der Waals surface area contributed by atoms with E-state index in [1.54, 1.807) is 58.5 Å². The van der Waals surface area contributed by atoms with Gasteiger partial charge in [0.15, 0.2) is 0 Å². The second-order valence-electron chi connectivity index (χ2n) is 13.6. The van der Waals surface area contributed by atoms with Crippen LogP contribution in [0.1, 0.15) is 56.1 Å². The monoisotopic (exact) mass is 740 g/mol. The summed E-state index contributed by atoms with van der Waals surface area (Å²) in [6.07, 6.45) is 4.00. The summed E-state index contributed by atoms with van der Waals surface area (Å²) in [7, 11) is 7.00. The number of benzene rings is 2. The average Bonchev–Trinajstić information content (AvgIpc) is 3.15. The van der Waals surface area contributed by atoms with Crippen molar-refractivity contribution in [2.24, 2.45) is 0 Å². The molecule has 5 atom stereocenters. The zero-order valence-corrected chi connectivity index (χ0v) is 31.5. The van der Waals surface area contributed by atoms with Crippen LogP contribution < -0.4 is 42.5 Å². The molecule has 15 nitrogen and oxygen atoms in total. The number of phenolic OH excluding ortho intramolecular Hbond substituents is 2. The summed E-state index contributed by atoms with van der Waals surface area (Å²) in [4.78, 5) is 55.2. The number of rotatable bonds is 19. The zero-order valence-electron chi connectivity index (χ0n) is 31.5. The van der Waals surface area contributed by atoms with Gasteiger partial charge in [-0.25, -0.2) is 0 Å². The van der Waals surface area contributed by atoms with Crippen molar-refractivity contribution in [1.82, 2.24) is 42.5 Å². The van der Waals surface area contributed by atoms with E-state index in [9.17, 15) is 34.5 Å². The molecule has 4 amide bonds. The smallest absolute Gasteiger partial charge is 0.243 e. The van der Waals surface area contributed by atoms with E-state index in [1.807, 2.05) is 0 Å². The van der Waals surface area contributed by atoms with E-state index in [0.29, 0.717) is 62.0 Å². The molecule has 1 aliphatic heterocycles. The quantitative estimate of drug-likeness (QED) is 0.0845. The van der Waals surface area contributed by atoms with E-state index in [2.05, 4.69) is 42.5 Å². The summed E-state index contributed by atoms with van der Waals surface area (Å²) in [6.45, 7) is 1.62. The predicted octanol–water partition coefficient (Wildman–Crippen LogP) is -0.228. The van der Waals surface area contributed by atoms with Crippen molar-refractivity contribution < 1.29 is 34.5 Å². The topological polar surface area (TPSA) is 225 Å². The van der Waals surface area contributed by atoms with E-state index < -0.39 is 41.9 Å². The Balaban J connectivity index is 1.96. The van der Waals surface area contributed by atoms with Crippen molar-refractivity contribution in [3.05, 3.63) is 47.5 Å². The number of amides is 4. The number of hydrogen-bond acceptors (Lipinski definition) is 11. The molecule has 294 valence electrons. The number of phenols is 2. The number of likely N-dealkylation sites (N-methyl/N-ethyl adjacent to an activating group) is 2. The highest BCUT2D eigenvalue weighted by molar-refractivity contribution is 5.95. The molecule has 15 heteroatoms. The van der Waals surface area contributed by atoms with Crippen molar-refractivity contribution in [3.63, 3.8) is 0 Å². The number of fused-ring (bicyclic) bond motifs is 5. The summed E-state index contributed by atoms with van der Waals surface area (Å²) in [5.41, 5.74) is 2.32. The molecule has 53 heavy (non-hydrogen) atoms. The van der Waals surface area contributed by atoms with Gasteiger partial charge in [-0.05, 0) is 126 Å². The average molecular weight is 741 g/mol. The normalized spacial score (nSPS) is 18.8. The summed E-state index contributed by atoms with van der Waals surface area (Å²) in [6, 6.07) is 6.09. The largest absolute Gasteiger partial charge is 0.508 e.